The van der Waals surface area contributed by atoms with Crippen molar-refractivity contribution in [3.05, 3.63) is 54.1 Å². The van der Waals surface area contributed by atoms with Crippen molar-refractivity contribution < 1.29 is 22.7 Å². The monoisotopic (exact) mass is 375 g/mol. The molecular formula is C19H21NO5S. The number of benzene rings is 2. The average molecular weight is 375 g/mol. The normalized spacial score (nSPS) is 11.3. The lowest BCUT2D eigenvalue weighted by Crippen LogP contribution is -2.21. The molecule has 7 heteroatoms. The van der Waals surface area contributed by atoms with Crippen LogP contribution in [0.3, 0.4) is 0 Å². The number of amides is 1. The minimum atomic E-state index is -3.45. The van der Waals surface area contributed by atoms with Gasteiger partial charge in [0.25, 0.3) is 5.91 Å². The van der Waals surface area contributed by atoms with Crippen molar-refractivity contribution in [2.45, 2.75) is 11.8 Å². The predicted octanol–water partition coefficient (Wildman–Crippen LogP) is 3.15. The van der Waals surface area contributed by atoms with Gasteiger partial charge in [-0.2, -0.15) is 0 Å². The predicted molar refractivity (Wildman–Crippen MR) is 101 cm³/mol. The molecule has 2 aromatic carbocycles. The van der Waals surface area contributed by atoms with Gasteiger partial charge in [-0.1, -0.05) is 30.4 Å². The second-order valence-corrected chi connectivity index (χ2v) is 7.50. The molecule has 1 amide bonds. The van der Waals surface area contributed by atoms with Crippen LogP contribution < -0.4 is 14.8 Å². The number of carbonyl (C=O) groups is 1. The van der Waals surface area contributed by atoms with Gasteiger partial charge in [-0.25, -0.2) is 8.42 Å². The summed E-state index contributed by atoms with van der Waals surface area (Å²) in [5.74, 6) is 0.456. The third kappa shape index (κ3) is 5.10. The van der Waals surface area contributed by atoms with Gasteiger partial charge in [0.05, 0.1) is 17.7 Å². The zero-order chi connectivity index (χ0) is 19.2. The first-order valence-corrected chi connectivity index (χ1v) is 9.76. The number of anilines is 1. The maximum absolute atomic E-state index is 12.2. The van der Waals surface area contributed by atoms with E-state index < -0.39 is 15.7 Å². The van der Waals surface area contributed by atoms with Crippen LogP contribution in [0.2, 0.25) is 0 Å². The highest BCUT2D eigenvalue weighted by atomic mass is 32.2. The lowest BCUT2D eigenvalue weighted by Gasteiger charge is -2.13. The molecule has 0 bridgehead atoms. The van der Waals surface area contributed by atoms with Crippen LogP contribution in [0.5, 0.6) is 11.5 Å². The number of para-hydroxylation sites is 1. The largest absolute Gasteiger partial charge is 0.493 e. The highest BCUT2D eigenvalue weighted by Gasteiger charge is 2.15. The summed E-state index contributed by atoms with van der Waals surface area (Å²) in [5.41, 5.74) is 1.17. The number of allylic oxidation sites excluding steroid dienone is 1. The van der Waals surface area contributed by atoms with Crippen LogP contribution in [0.4, 0.5) is 5.69 Å². The van der Waals surface area contributed by atoms with Gasteiger partial charge >= 0.3 is 0 Å². The fraction of sp³-hybridized carbons (Fsp3) is 0.211. The molecule has 0 radical (unpaired) electrons. The van der Waals surface area contributed by atoms with Crippen molar-refractivity contribution in [3.8, 4) is 11.5 Å². The summed E-state index contributed by atoms with van der Waals surface area (Å²) < 4.78 is 34.3. The first-order chi connectivity index (χ1) is 12.3. The fourth-order valence-electron chi connectivity index (χ4n) is 2.32. The van der Waals surface area contributed by atoms with Gasteiger partial charge in [0.2, 0.25) is 0 Å². The third-order valence-electron chi connectivity index (χ3n) is 3.47. The first-order valence-electron chi connectivity index (χ1n) is 7.87. The zero-order valence-corrected chi connectivity index (χ0v) is 15.7. The Morgan fingerprint density at radius 3 is 2.54 bits per heavy atom. The fourth-order valence-corrected chi connectivity index (χ4v) is 3.17. The quantitative estimate of drug-likeness (QED) is 0.804. The Labute approximate surface area is 153 Å². The topological polar surface area (TPSA) is 81.7 Å². The van der Waals surface area contributed by atoms with E-state index in [9.17, 15) is 13.2 Å². The van der Waals surface area contributed by atoms with Crippen LogP contribution in [-0.2, 0) is 14.6 Å². The molecule has 2 aromatic rings. The van der Waals surface area contributed by atoms with Gasteiger partial charge in [-0.15, -0.1) is 0 Å². The van der Waals surface area contributed by atoms with Crippen molar-refractivity contribution >= 4 is 27.5 Å². The molecule has 1 N–H and O–H groups in total. The van der Waals surface area contributed by atoms with Gasteiger partial charge in [0.15, 0.2) is 27.9 Å². The molecule has 0 unspecified atom stereocenters. The molecule has 0 atom stereocenters. The maximum Gasteiger partial charge on any atom is 0.262 e. The smallest absolute Gasteiger partial charge is 0.262 e. The minimum Gasteiger partial charge on any atom is -0.493 e. The SMILES string of the molecule is CC=Cc1ccc(OCC(=O)Nc2ccccc2S(C)(=O)=O)c(OC)c1. The van der Waals surface area contributed by atoms with Crippen LogP contribution in [0.15, 0.2) is 53.4 Å². The van der Waals surface area contributed by atoms with E-state index in [1.165, 1.54) is 19.2 Å². The Hall–Kier alpha value is -2.80. The summed E-state index contributed by atoms with van der Waals surface area (Å²) in [6.07, 6.45) is 4.91. The molecule has 0 heterocycles. The average Bonchev–Trinajstić information content (AvgIpc) is 2.60. The zero-order valence-electron chi connectivity index (χ0n) is 14.9. The molecule has 0 aliphatic rings. The Bertz CT molecular complexity index is 919. The molecule has 0 fully saturated rings. The standard InChI is InChI=1S/C19H21NO5S/c1-4-7-14-10-11-16(17(12-14)24-2)25-13-19(21)20-15-8-5-6-9-18(15)26(3,22)23/h4-12H,13H2,1-3H3,(H,20,21). The lowest BCUT2D eigenvalue weighted by molar-refractivity contribution is -0.118. The summed E-state index contributed by atoms with van der Waals surface area (Å²) in [7, 11) is -1.93. The first kappa shape index (κ1) is 19.5. The number of ether oxygens (including phenoxy) is 2. The van der Waals surface area contributed by atoms with Crippen LogP contribution in [-0.4, -0.2) is 34.3 Å². The summed E-state index contributed by atoms with van der Waals surface area (Å²) in [4.78, 5) is 12.2. The molecule has 0 saturated heterocycles. The Kier molecular flexibility index (Phi) is 6.41. The van der Waals surface area contributed by atoms with Crippen LogP contribution in [0.1, 0.15) is 12.5 Å². The third-order valence-corrected chi connectivity index (χ3v) is 4.62. The number of carbonyl (C=O) groups excluding carboxylic acids is 1. The number of hydrogen-bond acceptors (Lipinski definition) is 5. The minimum absolute atomic E-state index is 0.0571. The molecule has 26 heavy (non-hydrogen) atoms. The number of methoxy groups -OCH3 is 1. The van der Waals surface area contributed by atoms with Gasteiger partial charge in [-0.3, -0.25) is 4.79 Å². The van der Waals surface area contributed by atoms with Crippen LogP contribution >= 0.6 is 0 Å². The molecule has 0 aromatic heterocycles. The van der Waals surface area contributed by atoms with Gasteiger partial charge in [0, 0.05) is 6.26 Å². The van der Waals surface area contributed by atoms with E-state index >= 15 is 0 Å². The molecule has 0 spiro atoms. The highest BCUT2D eigenvalue weighted by molar-refractivity contribution is 7.90. The van der Waals surface area contributed by atoms with Crippen molar-refractivity contribution in [1.29, 1.82) is 0 Å². The number of sulfone groups is 1. The van der Waals surface area contributed by atoms with Crippen molar-refractivity contribution in [2.75, 3.05) is 25.3 Å². The van der Waals surface area contributed by atoms with E-state index in [1.807, 2.05) is 25.1 Å². The summed E-state index contributed by atoms with van der Waals surface area (Å²) >= 11 is 0. The van der Waals surface area contributed by atoms with E-state index in [0.717, 1.165) is 11.8 Å². The van der Waals surface area contributed by atoms with Gasteiger partial charge in [0.1, 0.15) is 0 Å². The van der Waals surface area contributed by atoms with Crippen LogP contribution in [0, 0.1) is 0 Å². The molecule has 6 nitrogen and oxygen atoms in total. The Balaban J connectivity index is 2.09. The molecule has 0 aliphatic carbocycles. The summed E-state index contributed by atoms with van der Waals surface area (Å²) in [5, 5.41) is 2.56. The second kappa shape index (κ2) is 8.53. The number of nitrogens with one attached hydrogen (secondary N) is 1. The number of rotatable bonds is 7. The van der Waals surface area contributed by atoms with E-state index in [0.29, 0.717) is 11.5 Å². The van der Waals surface area contributed by atoms with E-state index in [-0.39, 0.29) is 17.2 Å². The second-order valence-electron chi connectivity index (χ2n) is 5.52. The molecule has 138 valence electrons. The van der Waals surface area contributed by atoms with Gasteiger partial charge < -0.3 is 14.8 Å². The maximum atomic E-state index is 12.2. The van der Waals surface area contributed by atoms with Crippen molar-refractivity contribution in [3.63, 3.8) is 0 Å². The Morgan fingerprint density at radius 1 is 1.15 bits per heavy atom. The summed E-state index contributed by atoms with van der Waals surface area (Å²) in [6.45, 7) is 1.63. The molecular weight excluding hydrogens is 354 g/mol. The van der Waals surface area contributed by atoms with E-state index in [4.69, 9.17) is 9.47 Å². The lowest BCUT2D eigenvalue weighted by atomic mass is 10.2. The highest BCUT2D eigenvalue weighted by Crippen LogP contribution is 2.28. The van der Waals surface area contributed by atoms with Crippen molar-refractivity contribution in [1.82, 2.24) is 0 Å². The van der Waals surface area contributed by atoms with E-state index in [1.54, 1.807) is 24.3 Å². The molecule has 0 aliphatic heterocycles. The molecule has 2 rings (SSSR count). The summed E-state index contributed by atoms with van der Waals surface area (Å²) in [6, 6.07) is 11.6. The number of hydrogen-bond donors (Lipinski definition) is 1. The Morgan fingerprint density at radius 2 is 1.88 bits per heavy atom. The van der Waals surface area contributed by atoms with Crippen LogP contribution in [0.25, 0.3) is 6.08 Å². The van der Waals surface area contributed by atoms with Crippen molar-refractivity contribution in [2.24, 2.45) is 0 Å². The molecule has 0 saturated carbocycles. The van der Waals surface area contributed by atoms with E-state index in [2.05, 4.69) is 5.32 Å². The van der Waals surface area contributed by atoms with Gasteiger partial charge in [-0.05, 0) is 36.8 Å².